The summed E-state index contributed by atoms with van der Waals surface area (Å²) in [5, 5.41) is 3.15. The van der Waals surface area contributed by atoms with Crippen molar-refractivity contribution < 1.29 is 13.9 Å². The Morgan fingerprint density at radius 2 is 2.05 bits per heavy atom. The van der Waals surface area contributed by atoms with Gasteiger partial charge in [0.1, 0.15) is 11.8 Å². The smallest absolute Gasteiger partial charge is 0.323 e. The molecule has 100 valence electrons. The van der Waals surface area contributed by atoms with Crippen LogP contribution in [-0.2, 0) is 22.5 Å². The van der Waals surface area contributed by atoms with Crippen LogP contribution in [0.3, 0.4) is 0 Å². The average molecular weight is 259 g/mol. The van der Waals surface area contributed by atoms with Crippen molar-refractivity contribution in [2.45, 2.75) is 19.0 Å². The molecule has 0 aliphatic carbocycles. The van der Waals surface area contributed by atoms with Crippen molar-refractivity contribution in [1.82, 2.24) is 5.32 Å². The van der Waals surface area contributed by atoms with Crippen LogP contribution in [0.25, 0.3) is 0 Å². The zero-order chi connectivity index (χ0) is 13.5. The Morgan fingerprint density at radius 3 is 2.68 bits per heavy atom. The number of nitrogens with one attached hydrogen (secondary N) is 1. The summed E-state index contributed by atoms with van der Waals surface area (Å²) in [7, 11) is 1.40. The van der Waals surface area contributed by atoms with E-state index in [0.717, 1.165) is 11.3 Å². The van der Waals surface area contributed by atoms with Crippen LogP contribution in [-0.4, -0.2) is 19.1 Å². The molecule has 2 rings (SSSR count). The van der Waals surface area contributed by atoms with Crippen molar-refractivity contribution in [2.75, 3.05) is 7.11 Å². The molecule has 0 saturated heterocycles. The number of benzene rings is 1. The van der Waals surface area contributed by atoms with Gasteiger partial charge in [0.05, 0.1) is 19.9 Å². The third-order valence-corrected chi connectivity index (χ3v) is 2.87. The quantitative estimate of drug-likeness (QED) is 0.808. The Morgan fingerprint density at radius 1 is 1.26 bits per heavy atom. The first-order valence-corrected chi connectivity index (χ1v) is 6.17. The van der Waals surface area contributed by atoms with E-state index in [1.165, 1.54) is 7.11 Å². The summed E-state index contributed by atoms with van der Waals surface area (Å²) in [6, 6.07) is 13.2. The molecular formula is C15H17NO3. The first kappa shape index (κ1) is 13.4. The highest BCUT2D eigenvalue weighted by Crippen LogP contribution is 2.06. The standard InChI is InChI=1S/C15H17NO3/c1-18-15(17)14(10-12-6-3-2-4-7-12)16-11-13-8-5-9-19-13/h2-9,14,16H,10-11H2,1H3/t14-/m0/s1. The van der Waals surface area contributed by atoms with E-state index >= 15 is 0 Å². The number of furan rings is 1. The predicted molar refractivity (Wildman–Crippen MR) is 71.5 cm³/mol. The molecule has 1 heterocycles. The lowest BCUT2D eigenvalue weighted by molar-refractivity contribution is -0.143. The maximum absolute atomic E-state index is 11.8. The molecule has 0 unspecified atom stereocenters. The SMILES string of the molecule is COC(=O)[C@H](Cc1ccccc1)NCc1ccco1. The summed E-state index contributed by atoms with van der Waals surface area (Å²) in [6.45, 7) is 0.500. The molecule has 0 amide bonds. The highest BCUT2D eigenvalue weighted by Gasteiger charge is 2.19. The van der Waals surface area contributed by atoms with E-state index < -0.39 is 0 Å². The van der Waals surface area contributed by atoms with E-state index in [1.807, 2.05) is 42.5 Å². The summed E-state index contributed by atoms with van der Waals surface area (Å²) in [4.78, 5) is 11.8. The lowest BCUT2D eigenvalue weighted by atomic mass is 10.1. The van der Waals surface area contributed by atoms with Gasteiger partial charge in [-0.1, -0.05) is 30.3 Å². The van der Waals surface area contributed by atoms with Gasteiger partial charge in [-0.15, -0.1) is 0 Å². The monoisotopic (exact) mass is 259 g/mol. The molecule has 0 bridgehead atoms. The van der Waals surface area contributed by atoms with Crippen molar-refractivity contribution in [2.24, 2.45) is 0 Å². The van der Waals surface area contributed by atoms with Crippen molar-refractivity contribution in [3.8, 4) is 0 Å². The van der Waals surface area contributed by atoms with Crippen molar-refractivity contribution in [3.05, 3.63) is 60.1 Å². The van der Waals surface area contributed by atoms with E-state index in [1.54, 1.807) is 6.26 Å². The van der Waals surface area contributed by atoms with E-state index in [2.05, 4.69) is 5.32 Å². The Bertz CT molecular complexity index is 493. The highest BCUT2D eigenvalue weighted by atomic mass is 16.5. The molecule has 0 saturated carbocycles. The van der Waals surface area contributed by atoms with Crippen LogP contribution in [0.15, 0.2) is 53.1 Å². The van der Waals surface area contributed by atoms with Gasteiger partial charge in [-0.3, -0.25) is 10.1 Å². The molecule has 0 fully saturated rings. The van der Waals surface area contributed by atoms with Crippen molar-refractivity contribution >= 4 is 5.97 Å². The second kappa shape index (κ2) is 6.75. The molecule has 2 aromatic rings. The topological polar surface area (TPSA) is 51.5 Å². The Hall–Kier alpha value is -2.07. The van der Waals surface area contributed by atoms with Crippen LogP contribution in [0.4, 0.5) is 0 Å². The number of carbonyl (C=O) groups is 1. The van der Waals surface area contributed by atoms with E-state index in [0.29, 0.717) is 13.0 Å². The van der Waals surface area contributed by atoms with Crippen molar-refractivity contribution in [1.29, 1.82) is 0 Å². The van der Waals surface area contributed by atoms with Crippen LogP contribution in [0.5, 0.6) is 0 Å². The molecule has 0 radical (unpaired) electrons. The summed E-state index contributed by atoms with van der Waals surface area (Å²) < 4.78 is 10.1. The predicted octanol–water partition coefficient (Wildman–Crippen LogP) is 2.15. The van der Waals surface area contributed by atoms with Crippen LogP contribution in [0.1, 0.15) is 11.3 Å². The maximum atomic E-state index is 11.8. The van der Waals surface area contributed by atoms with Crippen LogP contribution in [0, 0.1) is 0 Å². The number of esters is 1. The number of hydrogen-bond acceptors (Lipinski definition) is 4. The fourth-order valence-corrected chi connectivity index (χ4v) is 1.87. The number of methoxy groups -OCH3 is 1. The minimum absolute atomic E-state index is 0.268. The zero-order valence-electron chi connectivity index (χ0n) is 10.8. The molecule has 0 aliphatic rings. The number of ether oxygens (including phenoxy) is 1. The molecule has 0 aliphatic heterocycles. The molecule has 19 heavy (non-hydrogen) atoms. The van der Waals surface area contributed by atoms with Gasteiger partial charge in [0.25, 0.3) is 0 Å². The summed E-state index contributed by atoms with van der Waals surface area (Å²) in [5.41, 5.74) is 1.09. The molecule has 4 heteroatoms. The molecule has 1 aromatic heterocycles. The number of carbonyl (C=O) groups excluding carboxylic acids is 1. The van der Waals surface area contributed by atoms with E-state index in [4.69, 9.17) is 9.15 Å². The lowest BCUT2D eigenvalue weighted by Crippen LogP contribution is -2.38. The van der Waals surface area contributed by atoms with Gasteiger partial charge in [-0.25, -0.2) is 0 Å². The van der Waals surface area contributed by atoms with Gasteiger partial charge in [0.15, 0.2) is 0 Å². The van der Waals surface area contributed by atoms with Gasteiger partial charge in [0.2, 0.25) is 0 Å². The minimum Gasteiger partial charge on any atom is -0.468 e. The third kappa shape index (κ3) is 3.96. The number of rotatable bonds is 6. The molecule has 1 N–H and O–H groups in total. The Kier molecular flexibility index (Phi) is 4.75. The van der Waals surface area contributed by atoms with Crippen molar-refractivity contribution in [3.63, 3.8) is 0 Å². The molecular weight excluding hydrogens is 242 g/mol. The largest absolute Gasteiger partial charge is 0.468 e. The third-order valence-electron chi connectivity index (χ3n) is 2.87. The van der Waals surface area contributed by atoms with Gasteiger partial charge in [-0.2, -0.15) is 0 Å². The van der Waals surface area contributed by atoms with Crippen LogP contribution in [0.2, 0.25) is 0 Å². The van der Waals surface area contributed by atoms with E-state index in [-0.39, 0.29) is 12.0 Å². The highest BCUT2D eigenvalue weighted by molar-refractivity contribution is 5.76. The van der Waals surface area contributed by atoms with Crippen LogP contribution < -0.4 is 5.32 Å². The van der Waals surface area contributed by atoms with Gasteiger partial charge < -0.3 is 9.15 Å². The summed E-state index contributed by atoms with van der Waals surface area (Å²) in [5.74, 6) is 0.525. The molecule has 0 spiro atoms. The summed E-state index contributed by atoms with van der Waals surface area (Å²) >= 11 is 0. The van der Waals surface area contributed by atoms with Gasteiger partial charge >= 0.3 is 5.97 Å². The lowest BCUT2D eigenvalue weighted by Gasteiger charge is -2.15. The summed E-state index contributed by atoms with van der Waals surface area (Å²) in [6.07, 6.45) is 2.20. The average Bonchev–Trinajstić information content (AvgIpc) is 2.97. The maximum Gasteiger partial charge on any atom is 0.323 e. The second-order valence-electron chi connectivity index (χ2n) is 4.23. The Labute approximate surface area is 112 Å². The number of hydrogen-bond donors (Lipinski definition) is 1. The minimum atomic E-state index is -0.377. The van der Waals surface area contributed by atoms with Gasteiger partial charge in [-0.05, 0) is 24.1 Å². The zero-order valence-corrected chi connectivity index (χ0v) is 10.8. The first-order chi connectivity index (χ1) is 9.29. The molecule has 1 atom stereocenters. The van der Waals surface area contributed by atoms with Crippen LogP contribution >= 0.6 is 0 Å². The fourth-order valence-electron chi connectivity index (χ4n) is 1.87. The molecule has 4 nitrogen and oxygen atoms in total. The van der Waals surface area contributed by atoms with Gasteiger partial charge in [0, 0.05) is 0 Å². The van der Waals surface area contributed by atoms with E-state index in [9.17, 15) is 4.79 Å². The normalized spacial score (nSPS) is 12.1. The fraction of sp³-hybridized carbons (Fsp3) is 0.267. The Balaban J connectivity index is 1.97. The second-order valence-corrected chi connectivity index (χ2v) is 4.23. The first-order valence-electron chi connectivity index (χ1n) is 6.17. The molecule has 1 aromatic carbocycles.